The number of benzene rings is 1. The zero-order valence-electron chi connectivity index (χ0n) is 15.4. The molecule has 3 N–H and O–H groups in total. The highest BCUT2D eigenvalue weighted by atomic mass is 32.2. The third-order valence-corrected chi connectivity index (χ3v) is 6.89. The van der Waals surface area contributed by atoms with Gasteiger partial charge >= 0.3 is 0 Å². The summed E-state index contributed by atoms with van der Waals surface area (Å²) < 4.78 is 28.8. The number of aryl methyl sites for hydroxylation is 1. The maximum absolute atomic E-state index is 11.4. The number of primary sulfonamides is 1. The van der Waals surface area contributed by atoms with E-state index in [1.807, 2.05) is 31.2 Å². The molecule has 3 rings (SSSR count). The maximum atomic E-state index is 11.4. The van der Waals surface area contributed by atoms with Gasteiger partial charge in [-0.05, 0) is 73.4 Å². The van der Waals surface area contributed by atoms with Gasteiger partial charge in [0.15, 0.2) is 0 Å². The van der Waals surface area contributed by atoms with Gasteiger partial charge in [-0.2, -0.15) is 0 Å². The van der Waals surface area contributed by atoms with Crippen molar-refractivity contribution >= 4 is 21.4 Å². The van der Waals surface area contributed by atoms with Gasteiger partial charge in [0.2, 0.25) is 10.0 Å². The summed E-state index contributed by atoms with van der Waals surface area (Å²) in [6.07, 6.45) is 3.86. The number of aliphatic hydroxyl groups excluding tert-OH is 1. The summed E-state index contributed by atoms with van der Waals surface area (Å²) in [6.45, 7) is 1.83. The molecule has 1 aromatic carbocycles. The second kappa shape index (κ2) is 8.83. The van der Waals surface area contributed by atoms with Crippen LogP contribution in [0.1, 0.15) is 18.9 Å². The lowest BCUT2D eigenvalue weighted by Gasteiger charge is -2.20. The lowest BCUT2D eigenvalue weighted by atomic mass is 10.1. The molecular weight excluding hydrogens is 396 g/mol. The molecule has 8 heteroatoms. The van der Waals surface area contributed by atoms with Crippen molar-refractivity contribution in [2.75, 3.05) is 0 Å². The highest BCUT2D eigenvalue weighted by Crippen LogP contribution is 2.31. The fourth-order valence-electron chi connectivity index (χ4n) is 2.71. The highest BCUT2D eigenvalue weighted by Gasteiger charge is 2.16. The van der Waals surface area contributed by atoms with E-state index < -0.39 is 16.1 Å². The Morgan fingerprint density at radius 1 is 1.18 bits per heavy atom. The van der Waals surface area contributed by atoms with Crippen molar-refractivity contribution in [1.29, 1.82) is 0 Å². The maximum Gasteiger partial charge on any atom is 0.247 e. The van der Waals surface area contributed by atoms with Crippen LogP contribution in [-0.4, -0.2) is 30.7 Å². The van der Waals surface area contributed by atoms with Crippen LogP contribution >= 0.6 is 11.3 Å². The van der Waals surface area contributed by atoms with Crippen LogP contribution in [0.5, 0.6) is 5.75 Å². The normalized spacial score (nSPS) is 13.8. The Hall–Kier alpha value is -2.26. The first-order chi connectivity index (χ1) is 13.3. The van der Waals surface area contributed by atoms with Crippen LogP contribution in [0.25, 0.3) is 10.4 Å². The first kappa shape index (κ1) is 20.5. The number of aromatic nitrogens is 1. The molecule has 0 saturated heterocycles. The van der Waals surface area contributed by atoms with Crippen LogP contribution in [0.2, 0.25) is 0 Å². The molecule has 0 aliphatic rings. The van der Waals surface area contributed by atoms with E-state index in [1.54, 1.807) is 30.6 Å². The first-order valence-corrected chi connectivity index (χ1v) is 11.2. The van der Waals surface area contributed by atoms with E-state index in [0.717, 1.165) is 33.8 Å². The van der Waals surface area contributed by atoms with Gasteiger partial charge < -0.3 is 9.84 Å². The summed E-state index contributed by atoms with van der Waals surface area (Å²) in [5, 5.41) is 15.5. The summed E-state index contributed by atoms with van der Waals surface area (Å²) in [7, 11) is -3.69. The first-order valence-electron chi connectivity index (χ1n) is 8.79. The Labute approximate surface area is 168 Å². The zero-order valence-corrected chi connectivity index (χ0v) is 17.0. The van der Waals surface area contributed by atoms with Crippen LogP contribution in [-0.2, 0) is 16.4 Å². The van der Waals surface area contributed by atoms with Crippen molar-refractivity contribution in [3.8, 4) is 16.2 Å². The minimum atomic E-state index is -3.69. The van der Waals surface area contributed by atoms with Crippen LogP contribution < -0.4 is 9.88 Å². The van der Waals surface area contributed by atoms with Crippen LogP contribution in [0.15, 0.2) is 65.1 Å². The molecule has 28 heavy (non-hydrogen) atoms. The minimum Gasteiger partial charge on any atom is -0.488 e. The molecule has 0 saturated carbocycles. The number of sulfonamides is 1. The predicted octanol–water partition coefficient (Wildman–Crippen LogP) is 3.22. The van der Waals surface area contributed by atoms with Crippen LogP contribution in [0.4, 0.5) is 0 Å². The molecule has 0 radical (unpaired) electrons. The molecular formula is C20H22N2O4S2. The number of hydrogen-bond acceptors (Lipinski definition) is 6. The van der Waals surface area contributed by atoms with Crippen molar-refractivity contribution in [3.63, 3.8) is 0 Å². The molecule has 2 heterocycles. The van der Waals surface area contributed by atoms with E-state index in [-0.39, 0.29) is 10.3 Å². The van der Waals surface area contributed by atoms with Gasteiger partial charge in [-0.25, -0.2) is 13.6 Å². The summed E-state index contributed by atoms with van der Waals surface area (Å²) in [6, 6.07) is 14.4. The fraction of sp³-hybridized carbons (Fsp3) is 0.250. The van der Waals surface area contributed by atoms with E-state index in [9.17, 15) is 13.5 Å². The Morgan fingerprint density at radius 3 is 2.54 bits per heavy atom. The molecule has 3 aromatic rings. The predicted molar refractivity (Wildman–Crippen MR) is 110 cm³/mol. The van der Waals surface area contributed by atoms with Crippen molar-refractivity contribution < 1.29 is 18.3 Å². The molecule has 0 spiro atoms. The zero-order chi connectivity index (χ0) is 20.1. The number of hydrogen-bond donors (Lipinski definition) is 2. The average molecular weight is 419 g/mol. The lowest BCUT2D eigenvalue weighted by molar-refractivity contribution is 0.0420. The Balaban J connectivity index is 1.58. The molecule has 6 nitrogen and oxygen atoms in total. The molecule has 2 aromatic heterocycles. The highest BCUT2D eigenvalue weighted by molar-refractivity contribution is 7.91. The Bertz CT molecular complexity index is 1000. The second-order valence-electron chi connectivity index (χ2n) is 6.48. The number of aliphatic hydroxyl groups is 1. The smallest absolute Gasteiger partial charge is 0.247 e. The van der Waals surface area contributed by atoms with E-state index in [2.05, 4.69) is 4.98 Å². The molecule has 0 fully saturated rings. The Morgan fingerprint density at radius 2 is 1.93 bits per heavy atom. The number of ether oxygens (including phenoxy) is 1. The fourth-order valence-corrected chi connectivity index (χ4v) is 4.45. The standard InChI is InChI=1S/C20H22N2O4S2/c1-14(18(23)9-4-15-3-2-12-22-13-15)26-17-7-5-16(6-8-17)19-10-11-20(27-19)28(21,24)25/h2-3,5-8,10-14,18,23H,4,9H2,1H3,(H2,21,24,25)/t14-,18+/m0/s1. The van der Waals surface area contributed by atoms with E-state index in [4.69, 9.17) is 9.88 Å². The summed E-state index contributed by atoms with van der Waals surface area (Å²) >= 11 is 1.12. The van der Waals surface area contributed by atoms with E-state index in [1.165, 1.54) is 6.07 Å². The third-order valence-electron chi connectivity index (χ3n) is 4.32. The van der Waals surface area contributed by atoms with Gasteiger partial charge in [-0.3, -0.25) is 4.98 Å². The monoisotopic (exact) mass is 418 g/mol. The number of nitrogens with zero attached hydrogens (tertiary/aromatic N) is 1. The van der Waals surface area contributed by atoms with Crippen LogP contribution in [0, 0.1) is 0 Å². The van der Waals surface area contributed by atoms with Gasteiger partial charge in [0.05, 0.1) is 6.10 Å². The number of pyridine rings is 1. The van der Waals surface area contributed by atoms with Gasteiger partial charge in [-0.1, -0.05) is 6.07 Å². The summed E-state index contributed by atoms with van der Waals surface area (Å²) in [4.78, 5) is 4.88. The minimum absolute atomic E-state index is 0.133. The molecule has 0 unspecified atom stereocenters. The lowest BCUT2D eigenvalue weighted by Crippen LogP contribution is -2.29. The van der Waals surface area contributed by atoms with Gasteiger partial charge in [0.25, 0.3) is 0 Å². The number of rotatable bonds is 8. The average Bonchev–Trinajstić information content (AvgIpc) is 3.18. The van der Waals surface area contributed by atoms with Crippen LogP contribution in [0.3, 0.4) is 0 Å². The summed E-state index contributed by atoms with van der Waals surface area (Å²) in [5.41, 5.74) is 1.95. The van der Waals surface area contributed by atoms with Crippen molar-refractivity contribution in [2.24, 2.45) is 5.14 Å². The van der Waals surface area contributed by atoms with Crippen molar-refractivity contribution in [2.45, 2.75) is 36.2 Å². The van der Waals surface area contributed by atoms with Gasteiger partial charge in [-0.15, -0.1) is 11.3 Å². The SMILES string of the molecule is C[C@H](Oc1ccc(-c2ccc(S(N)(=O)=O)s2)cc1)[C@H](O)CCc1cccnc1. The summed E-state index contributed by atoms with van der Waals surface area (Å²) in [5.74, 6) is 0.639. The number of thiophene rings is 1. The molecule has 0 bridgehead atoms. The quantitative estimate of drug-likeness (QED) is 0.585. The molecule has 0 aliphatic carbocycles. The number of nitrogens with two attached hydrogens (primary N) is 1. The molecule has 0 aliphatic heterocycles. The molecule has 148 valence electrons. The van der Waals surface area contributed by atoms with E-state index in [0.29, 0.717) is 12.2 Å². The van der Waals surface area contributed by atoms with Crippen molar-refractivity contribution in [3.05, 3.63) is 66.5 Å². The van der Waals surface area contributed by atoms with Gasteiger partial charge in [0.1, 0.15) is 16.1 Å². The van der Waals surface area contributed by atoms with E-state index >= 15 is 0 Å². The second-order valence-corrected chi connectivity index (χ2v) is 9.35. The largest absolute Gasteiger partial charge is 0.488 e. The molecule has 0 amide bonds. The van der Waals surface area contributed by atoms with Gasteiger partial charge in [0, 0.05) is 17.3 Å². The topological polar surface area (TPSA) is 103 Å². The third kappa shape index (κ3) is 5.39. The van der Waals surface area contributed by atoms with Crippen molar-refractivity contribution in [1.82, 2.24) is 4.98 Å². The molecule has 2 atom stereocenters. The Kier molecular flexibility index (Phi) is 6.46.